The van der Waals surface area contributed by atoms with Crippen LogP contribution in [-0.4, -0.2) is 29.1 Å². The Labute approximate surface area is 63.5 Å². The van der Waals surface area contributed by atoms with E-state index in [1.54, 1.807) is 12.2 Å². The SMILES string of the molecule is OCC=CC(P)C=CCO. The highest BCUT2D eigenvalue weighted by atomic mass is 31.0. The van der Waals surface area contributed by atoms with Crippen molar-refractivity contribution in [1.82, 2.24) is 0 Å². The third kappa shape index (κ3) is 5.96. The number of hydrogen-bond donors (Lipinski definition) is 2. The van der Waals surface area contributed by atoms with Crippen molar-refractivity contribution in [2.45, 2.75) is 5.66 Å². The van der Waals surface area contributed by atoms with E-state index in [1.807, 2.05) is 12.2 Å². The Bertz CT molecular complexity index is 107. The van der Waals surface area contributed by atoms with Crippen LogP contribution in [0.3, 0.4) is 0 Å². The molecule has 10 heavy (non-hydrogen) atoms. The number of hydrogen-bond acceptors (Lipinski definition) is 2. The summed E-state index contributed by atoms with van der Waals surface area (Å²) in [6.45, 7) is 0.135. The fourth-order valence-corrected chi connectivity index (χ4v) is 0.814. The first-order valence-electron chi connectivity index (χ1n) is 3.12. The van der Waals surface area contributed by atoms with Crippen molar-refractivity contribution in [3.05, 3.63) is 24.3 Å². The fourth-order valence-electron chi connectivity index (χ4n) is 0.500. The second-order valence-corrected chi connectivity index (χ2v) is 2.57. The molecule has 3 heteroatoms. The average Bonchev–Trinajstić information content (AvgIpc) is 1.97. The Morgan fingerprint density at radius 1 is 1.10 bits per heavy atom. The summed E-state index contributed by atoms with van der Waals surface area (Å²) in [6, 6.07) is 0. The van der Waals surface area contributed by atoms with Gasteiger partial charge in [-0.05, 0) is 0 Å². The molecular formula is C7H13O2P. The third-order valence-electron chi connectivity index (χ3n) is 0.927. The van der Waals surface area contributed by atoms with E-state index in [0.717, 1.165) is 0 Å². The minimum absolute atomic E-state index is 0.0673. The summed E-state index contributed by atoms with van der Waals surface area (Å²) in [4.78, 5) is 0. The average molecular weight is 160 g/mol. The van der Waals surface area contributed by atoms with Crippen molar-refractivity contribution >= 4 is 9.24 Å². The molecular weight excluding hydrogens is 147 g/mol. The molecule has 0 saturated heterocycles. The van der Waals surface area contributed by atoms with E-state index >= 15 is 0 Å². The molecule has 0 aliphatic rings. The van der Waals surface area contributed by atoms with Gasteiger partial charge in [-0.3, -0.25) is 0 Å². The molecule has 1 unspecified atom stereocenters. The van der Waals surface area contributed by atoms with Gasteiger partial charge in [0.05, 0.1) is 13.2 Å². The van der Waals surface area contributed by atoms with Gasteiger partial charge in [-0.15, -0.1) is 9.24 Å². The molecule has 2 N–H and O–H groups in total. The van der Waals surface area contributed by atoms with Gasteiger partial charge in [0.2, 0.25) is 0 Å². The molecule has 58 valence electrons. The zero-order valence-electron chi connectivity index (χ0n) is 5.77. The molecule has 0 aromatic carbocycles. The molecule has 0 aliphatic carbocycles. The molecule has 0 spiro atoms. The highest BCUT2D eigenvalue weighted by molar-refractivity contribution is 7.18. The van der Waals surface area contributed by atoms with Gasteiger partial charge in [-0.25, -0.2) is 0 Å². The molecule has 2 nitrogen and oxygen atoms in total. The summed E-state index contributed by atoms with van der Waals surface area (Å²) in [5.41, 5.74) is 0.208. The maximum absolute atomic E-state index is 8.37. The summed E-state index contributed by atoms with van der Waals surface area (Å²) in [5, 5.41) is 16.7. The quantitative estimate of drug-likeness (QED) is 0.459. The zero-order valence-corrected chi connectivity index (χ0v) is 6.93. The third-order valence-corrected chi connectivity index (χ3v) is 1.37. The lowest BCUT2D eigenvalue weighted by Gasteiger charge is -1.94. The van der Waals surface area contributed by atoms with Gasteiger partial charge >= 0.3 is 0 Å². The Morgan fingerprint density at radius 2 is 1.50 bits per heavy atom. The van der Waals surface area contributed by atoms with Crippen LogP contribution in [0.5, 0.6) is 0 Å². The smallest absolute Gasteiger partial charge is 0.0612 e. The van der Waals surface area contributed by atoms with Crippen LogP contribution in [0.1, 0.15) is 0 Å². The maximum Gasteiger partial charge on any atom is 0.0612 e. The normalized spacial score (nSPS) is 15.1. The van der Waals surface area contributed by atoms with Crippen molar-refractivity contribution in [1.29, 1.82) is 0 Å². The van der Waals surface area contributed by atoms with Gasteiger partial charge in [0, 0.05) is 5.66 Å². The van der Waals surface area contributed by atoms with E-state index in [9.17, 15) is 0 Å². The molecule has 0 fully saturated rings. The highest BCUT2D eigenvalue weighted by Crippen LogP contribution is 2.02. The highest BCUT2D eigenvalue weighted by Gasteiger charge is 1.86. The molecule has 0 heterocycles. The monoisotopic (exact) mass is 160 g/mol. The van der Waals surface area contributed by atoms with Crippen molar-refractivity contribution < 1.29 is 10.2 Å². The molecule has 0 amide bonds. The van der Waals surface area contributed by atoms with Crippen molar-refractivity contribution in [2.75, 3.05) is 13.2 Å². The molecule has 0 saturated carbocycles. The van der Waals surface area contributed by atoms with Gasteiger partial charge in [-0.1, -0.05) is 24.3 Å². The number of rotatable bonds is 4. The molecule has 0 aromatic rings. The topological polar surface area (TPSA) is 40.5 Å². The summed E-state index contributed by atoms with van der Waals surface area (Å²) in [5.74, 6) is 0. The number of allylic oxidation sites excluding steroid dienone is 2. The van der Waals surface area contributed by atoms with E-state index in [0.29, 0.717) is 0 Å². The van der Waals surface area contributed by atoms with Gasteiger partial charge in [0.15, 0.2) is 0 Å². The first kappa shape index (κ1) is 9.83. The molecule has 1 atom stereocenters. The molecule has 0 aromatic heterocycles. The number of aliphatic hydroxyl groups excluding tert-OH is 2. The molecule has 0 radical (unpaired) electrons. The summed E-state index contributed by atoms with van der Waals surface area (Å²) < 4.78 is 0. The van der Waals surface area contributed by atoms with Crippen LogP contribution in [0.25, 0.3) is 0 Å². The van der Waals surface area contributed by atoms with E-state index in [2.05, 4.69) is 9.24 Å². The van der Waals surface area contributed by atoms with E-state index in [1.165, 1.54) is 0 Å². The largest absolute Gasteiger partial charge is 0.392 e. The summed E-state index contributed by atoms with van der Waals surface area (Å²) in [6.07, 6.45) is 7.02. The lowest BCUT2D eigenvalue weighted by molar-refractivity contribution is 0.342. The minimum Gasteiger partial charge on any atom is -0.392 e. The molecule has 0 rings (SSSR count). The second-order valence-electron chi connectivity index (χ2n) is 1.80. The van der Waals surface area contributed by atoms with E-state index in [4.69, 9.17) is 10.2 Å². The van der Waals surface area contributed by atoms with Crippen LogP contribution in [-0.2, 0) is 0 Å². The van der Waals surface area contributed by atoms with Crippen LogP contribution >= 0.6 is 9.24 Å². The van der Waals surface area contributed by atoms with Crippen LogP contribution in [0.15, 0.2) is 24.3 Å². The first-order valence-corrected chi connectivity index (χ1v) is 3.78. The fraction of sp³-hybridized carbons (Fsp3) is 0.429. The van der Waals surface area contributed by atoms with Crippen LogP contribution < -0.4 is 0 Å². The number of aliphatic hydroxyl groups is 2. The van der Waals surface area contributed by atoms with Crippen LogP contribution in [0, 0.1) is 0 Å². The maximum atomic E-state index is 8.37. The van der Waals surface area contributed by atoms with E-state index in [-0.39, 0.29) is 18.9 Å². The molecule has 0 bridgehead atoms. The van der Waals surface area contributed by atoms with Gasteiger partial charge in [0.25, 0.3) is 0 Å². The Kier molecular flexibility index (Phi) is 6.83. The van der Waals surface area contributed by atoms with Gasteiger partial charge in [0.1, 0.15) is 0 Å². The Balaban J connectivity index is 3.52. The second kappa shape index (κ2) is 6.94. The first-order chi connectivity index (χ1) is 4.81. The van der Waals surface area contributed by atoms with E-state index < -0.39 is 0 Å². The Morgan fingerprint density at radius 3 is 1.80 bits per heavy atom. The predicted octanol–water partition coefficient (Wildman–Crippen LogP) is 0.327. The lowest BCUT2D eigenvalue weighted by atomic mass is 10.3. The Hall–Kier alpha value is -0.170. The summed E-state index contributed by atoms with van der Waals surface area (Å²) in [7, 11) is 2.56. The van der Waals surface area contributed by atoms with Crippen LogP contribution in [0.4, 0.5) is 0 Å². The predicted molar refractivity (Wildman–Crippen MR) is 45.9 cm³/mol. The van der Waals surface area contributed by atoms with Gasteiger partial charge < -0.3 is 10.2 Å². The van der Waals surface area contributed by atoms with Crippen molar-refractivity contribution in [2.24, 2.45) is 0 Å². The molecule has 0 aliphatic heterocycles. The standard InChI is InChI=1S/C7H13O2P/c8-5-1-3-7(10)4-2-6-9/h1-4,7-9H,5-6,10H2. The lowest BCUT2D eigenvalue weighted by Crippen LogP contribution is -1.87. The van der Waals surface area contributed by atoms with Crippen molar-refractivity contribution in [3.63, 3.8) is 0 Å². The zero-order chi connectivity index (χ0) is 7.82. The van der Waals surface area contributed by atoms with Crippen LogP contribution in [0.2, 0.25) is 0 Å². The minimum atomic E-state index is 0.0673. The summed E-state index contributed by atoms with van der Waals surface area (Å²) >= 11 is 0. The van der Waals surface area contributed by atoms with Gasteiger partial charge in [-0.2, -0.15) is 0 Å². The van der Waals surface area contributed by atoms with Crippen molar-refractivity contribution in [3.8, 4) is 0 Å².